The largest absolute Gasteiger partial charge is 0.464 e. The summed E-state index contributed by atoms with van der Waals surface area (Å²) in [5.41, 5.74) is 2.34. The molecule has 0 bridgehead atoms. The van der Waals surface area contributed by atoms with Gasteiger partial charge in [-0.2, -0.15) is 0 Å². The highest BCUT2D eigenvalue weighted by molar-refractivity contribution is 5.67. The number of aryl methyl sites for hydroxylation is 1. The zero-order valence-electron chi connectivity index (χ0n) is 9.73. The van der Waals surface area contributed by atoms with Gasteiger partial charge >= 0.3 is 0 Å². The standard InChI is InChI=1S/C14H14O3/c1-2-4-10-7-13-14(17-9-16-13)8-11(10)12-5-3-6-15-12/h3,5-8H,2,4,9H2,1H3. The molecule has 0 atom stereocenters. The molecule has 0 radical (unpaired) electrons. The summed E-state index contributed by atoms with van der Waals surface area (Å²) >= 11 is 0. The summed E-state index contributed by atoms with van der Waals surface area (Å²) in [5.74, 6) is 2.52. The Morgan fingerprint density at radius 1 is 1.18 bits per heavy atom. The molecule has 0 saturated heterocycles. The van der Waals surface area contributed by atoms with Crippen molar-refractivity contribution in [3.63, 3.8) is 0 Å². The Hall–Kier alpha value is -1.90. The molecule has 0 unspecified atom stereocenters. The predicted molar refractivity (Wildman–Crippen MR) is 64.3 cm³/mol. The maximum absolute atomic E-state index is 5.47. The lowest BCUT2D eigenvalue weighted by Gasteiger charge is -2.08. The molecule has 0 spiro atoms. The van der Waals surface area contributed by atoms with E-state index in [2.05, 4.69) is 13.0 Å². The zero-order chi connectivity index (χ0) is 11.7. The molecule has 3 nitrogen and oxygen atoms in total. The quantitative estimate of drug-likeness (QED) is 0.806. The second-order valence-electron chi connectivity index (χ2n) is 4.09. The van der Waals surface area contributed by atoms with E-state index >= 15 is 0 Å². The summed E-state index contributed by atoms with van der Waals surface area (Å²) in [6.45, 7) is 2.47. The van der Waals surface area contributed by atoms with Gasteiger partial charge in [-0.3, -0.25) is 0 Å². The highest BCUT2D eigenvalue weighted by Gasteiger charge is 2.18. The molecule has 2 heterocycles. The van der Waals surface area contributed by atoms with Gasteiger partial charge in [0.1, 0.15) is 5.76 Å². The minimum atomic E-state index is 0.308. The minimum absolute atomic E-state index is 0.308. The summed E-state index contributed by atoms with van der Waals surface area (Å²) in [4.78, 5) is 0. The van der Waals surface area contributed by atoms with Gasteiger partial charge < -0.3 is 13.9 Å². The van der Waals surface area contributed by atoms with Crippen molar-refractivity contribution < 1.29 is 13.9 Å². The monoisotopic (exact) mass is 230 g/mol. The Kier molecular flexibility index (Phi) is 2.52. The fraction of sp³-hybridized carbons (Fsp3) is 0.286. The number of rotatable bonds is 3. The Bertz CT molecular complexity index is 515. The molecule has 3 heteroatoms. The third kappa shape index (κ3) is 1.78. The van der Waals surface area contributed by atoms with Crippen molar-refractivity contribution in [1.29, 1.82) is 0 Å². The van der Waals surface area contributed by atoms with Gasteiger partial charge in [0.15, 0.2) is 11.5 Å². The zero-order valence-corrected chi connectivity index (χ0v) is 9.73. The lowest BCUT2D eigenvalue weighted by atomic mass is 10.0. The molecule has 2 aromatic rings. The molecule has 0 N–H and O–H groups in total. The number of hydrogen-bond acceptors (Lipinski definition) is 3. The molecular weight excluding hydrogens is 216 g/mol. The van der Waals surface area contributed by atoms with E-state index in [1.54, 1.807) is 6.26 Å². The van der Waals surface area contributed by atoms with Crippen LogP contribution in [0.5, 0.6) is 11.5 Å². The fourth-order valence-electron chi connectivity index (χ4n) is 2.12. The average Bonchev–Trinajstić information content (AvgIpc) is 2.98. The lowest BCUT2D eigenvalue weighted by molar-refractivity contribution is 0.174. The molecule has 1 aliphatic heterocycles. The van der Waals surface area contributed by atoms with Crippen molar-refractivity contribution in [2.45, 2.75) is 19.8 Å². The van der Waals surface area contributed by atoms with Gasteiger partial charge in [0.25, 0.3) is 0 Å². The van der Waals surface area contributed by atoms with Crippen LogP contribution in [0.15, 0.2) is 34.9 Å². The highest BCUT2D eigenvalue weighted by Crippen LogP contribution is 2.39. The number of fused-ring (bicyclic) bond motifs is 1. The average molecular weight is 230 g/mol. The molecule has 1 aliphatic rings. The first-order valence-corrected chi connectivity index (χ1v) is 5.85. The highest BCUT2D eigenvalue weighted by atomic mass is 16.7. The van der Waals surface area contributed by atoms with E-state index < -0.39 is 0 Å². The normalized spacial score (nSPS) is 13.0. The van der Waals surface area contributed by atoms with E-state index in [0.29, 0.717) is 6.79 Å². The van der Waals surface area contributed by atoms with E-state index in [1.165, 1.54) is 5.56 Å². The SMILES string of the molecule is CCCc1cc2c(cc1-c1ccco1)OCO2. The van der Waals surface area contributed by atoms with Gasteiger partial charge in [0, 0.05) is 5.56 Å². The maximum Gasteiger partial charge on any atom is 0.231 e. The smallest absolute Gasteiger partial charge is 0.231 e. The molecule has 0 amide bonds. The summed E-state index contributed by atoms with van der Waals surface area (Å²) in [5, 5.41) is 0. The van der Waals surface area contributed by atoms with Crippen molar-refractivity contribution in [2.75, 3.05) is 6.79 Å². The van der Waals surface area contributed by atoms with Crippen LogP contribution in [0.4, 0.5) is 0 Å². The molecule has 88 valence electrons. The Morgan fingerprint density at radius 3 is 2.71 bits per heavy atom. The van der Waals surface area contributed by atoms with Crippen molar-refractivity contribution in [3.05, 3.63) is 36.1 Å². The minimum Gasteiger partial charge on any atom is -0.464 e. The van der Waals surface area contributed by atoms with Crippen molar-refractivity contribution in [2.24, 2.45) is 0 Å². The van der Waals surface area contributed by atoms with Gasteiger partial charge in [0.2, 0.25) is 6.79 Å². The third-order valence-electron chi connectivity index (χ3n) is 2.90. The van der Waals surface area contributed by atoms with E-state index in [-0.39, 0.29) is 0 Å². The number of hydrogen-bond donors (Lipinski definition) is 0. The lowest BCUT2D eigenvalue weighted by Crippen LogP contribution is -1.92. The van der Waals surface area contributed by atoms with Crippen LogP contribution in [-0.4, -0.2) is 6.79 Å². The molecule has 1 aromatic heterocycles. The van der Waals surface area contributed by atoms with Crippen LogP contribution in [0.2, 0.25) is 0 Å². The maximum atomic E-state index is 5.47. The van der Waals surface area contributed by atoms with Gasteiger partial charge in [-0.05, 0) is 36.2 Å². The van der Waals surface area contributed by atoms with Crippen LogP contribution < -0.4 is 9.47 Å². The predicted octanol–water partition coefficient (Wildman–Crippen LogP) is 3.63. The van der Waals surface area contributed by atoms with Crippen molar-refractivity contribution in [1.82, 2.24) is 0 Å². The Labute approximate surface area is 100.0 Å². The van der Waals surface area contributed by atoms with Crippen LogP contribution in [0.25, 0.3) is 11.3 Å². The summed E-state index contributed by atoms with van der Waals surface area (Å²) in [6.07, 6.45) is 3.79. The third-order valence-corrected chi connectivity index (χ3v) is 2.90. The fourth-order valence-corrected chi connectivity index (χ4v) is 2.12. The first kappa shape index (κ1) is 10.3. The van der Waals surface area contributed by atoms with E-state index in [0.717, 1.165) is 35.7 Å². The number of furan rings is 1. The van der Waals surface area contributed by atoms with Gasteiger partial charge in [-0.1, -0.05) is 13.3 Å². The molecule has 3 rings (SSSR count). The molecular formula is C14H14O3. The van der Waals surface area contributed by atoms with Gasteiger partial charge in [-0.25, -0.2) is 0 Å². The van der Waals surface area contributed by atoms with Gasteiger partial charge in [0.05, 0.1) is 6.26 Å². The first-order chi connectivity index (χ1) is 8.38. The van der Waals surface area contributed by atoms with E-state index in [1.807, 2.05) is 18.2 Å². The molecule has 0 aliphatic carbocycles. The first-order valence-electron chi connectivity index (χ1n) is 5.85. The van der Waals surface area contributed by atoms with Crippen LogP contribution in [0.1, 0.15) is 18.9 Å². The molecule has 0 saturated carbocycles. The topological polar surface area (TPSA) is 31.6 Å². The number of benzene rings is 1. The van der Waals surface area contributed by atoms with Crippen LogP contribution in [0.3, 0.4) is 0 Å². The molecule has 0 fully saturated rings. The van der Waals surface area contributed by atoms with E-state index in [4.69, 9.17) is 13.9 Å². The Morgan fingerprint density at radius 2 is 2.00 bits per heavy atom. The second kappa shape index (κ2) is 4.17. The van der Waals surface area contributed by atoms with Crippen molar-refractivity contribution >= 4 is 0 Å². The Balaban J connectivity index is 2.12. The van der Waals surface area contributed by atoms with Gasteiger partial charge in [-0.15, -0.1) is 0 Å². The van der Waals surface area contributed by atoms with Crippen molar-refractivity contribution in [3.8, 4) is 22.8 Å². The van der Waals surface area contributed by atoms with Crippen LogP contribution in [0, 0.1) is 0 Å². The van der Waals surface area contributed by atoms with E-state index in [9.17, 15) is 0 Å². The summed E-state index contributed by atoms with van der Waals surface area (Å²) in [7, 11) is 0. The summed E-state index contributed by atoms with van der Waals surface area (Å²) in [6, 6.07) is 7.93. The van der Waals surface area contributed by atoms with Crippen LogP contribution >= 0.6 is 0 Å². The second-order valence-corrected chi connectivity index (χ2v) is 4.09. The molecule has 1 aromatic carbocycles. The summed E-state index contributed by atoms with van der Waals surface area (Å²) < 4.78 is 16.3. The molecule has 17 heavy (non-hydrogen) atoms. The number of ether oxygens (including phenoxy) is 2. The van der Waals surface area contributed by atoms with Crippen LogP contribution in [-0.2, 0) is 6.42 Å².